The number of hydrogen-bond acceptors (Lipinski definition) is 7. The number of rotatable bonds is 8. The monoisotopic (exact) mass is 468 g/mol. The van der Waals surface area contributed by atoms with Crippen LogP contribution in [-0.4, -0.2) is 45.6 Å². The number of amidine groups is 1. The summed E-state index contributed by atoms with van der Waals surface area (Å²) in [6.07, 6.45) is 0.00888. The van der Waals surface area contributed by atoms with E-state index in [1.165, 1.54) is 0 Å². The van der Waals surface area contributed by atoms with E-state index in [0.29, 0.717) is 22.2 Å². The van der Waals surface area contributed by atoms with E-state index in [-0.39, 0.29) is 18.2 Å². The van der Waals surface area contributed by atoms with Crippen molar-refractivity contribution in [3.05, 3.63) is 59.2 Å². The number of carboxylic acid groups (broad SMARTS) is 1. The largest absolute Gasteiger partial charge is 0.482 e. The molecule has 0 bridgehead atoms. The minimum absolute atomic E-state index is 0.00888. The summed E-state index contributed by atoms with van der Waals surface area (Å²) in [7, 11) is 0. The Morgan fingerprint density at radius 2 is 1.88 bits per heavy atom. The zero-order valence-electron chi connectivity index (χ0n) is 18.4. The van der Waals surface area contributed by atoms with Crippen LogP contribution in [0, 0.1) is 13.8 Å². The van der Waals surface area contributed by atoms with E-state index in [0.717, 1.165) is 28.6 Å². The molecule has 3 N–H and O–H groups in total. The van der Waals surface area contributed by atoms with Gasteiger partial charge in [0.1, 0.15) is 11.0 Å². The Kier molecular flexibility index (Phi) is 7.83. The number of nitrogens with one attached hydrogen (secondary N) is 2. The lowest BCUT2D eigenvalue weighted by atomic mass is 10.1. The molecule has 9 nitrogen and oxygen atoms in total. The molecule has 2 aromatic carbocycles. The van der Waals surface area contributed by atoms with Crippen molar-refractivity contribution in [3.8, 4) is 5.75 Å². The van der Waals surface area contributed by atoms with Gasteiger partial charge < -0.3 is 20.5 Å². The Bertz CT molecular complexity index is 1130. The number of nitrogens with zero attached hydrogens (tertiary/aromatic N) is 2. The fraction of sp³-hybridized carbons (Fsp3) is 0.261. The first-order chi connectivity index (χ1) is 15.7. The molecule has 1 aliphatic heterocycles. The van der Waals surface area contributed by atoms with Gasteiger partial charge in [0.05, 0.1) is 5.71 Å². The molecule has 0 radical (unpaired) electrons. The van der Waals surface area contributed by atoms with Crippen LogP contribution in [0.3, 0.4) is 0 Å². The van der Waals surface area contributed by atoms with Gasteiger partial charge in [-0.15, -0.1) is 5.10 Å². The smallest absolute Gasteiger partial charge is 0.341 e. The van der Waals surface area contributed by atoms with Crippen molar-refractivity contribution >= 4 is 46.1 Å². The third-order valence-corrected chi connectivity index (χ3v) is 5.87. The van der Waals surface area contributed by atoms with Gasteiger partial charge in [0, 0.05) is 17.7 Å². The predicted octanol–water partition coefficient (Wildman–Crippen LogP) is 3.11. The molecular formula is C23H24N4O5S. The lowest BCUT2D eigenvalue weighted by molar-refractivity contribution is -0.139. The van der Waals surface area contributed by atoms with Crippen molar-refractivity contribution in [1.29, 1.82) is 0 Å². The Hall–Kier alpha value is -3.66. The number of hydrogen-bond donors (Lipinski definition) is 3. The molecule has 1 fully saturated rings. The van der Waals surface area contributed by atoms with Crippen LogP contribution in [0.2, 0.25) is 0 Å². The molecular weight excluding hydrogens is 444 g/mol. The second kappa shape index (κ2) is 10.8. The van der Waals surface area contributed by atoms with Gasteiger partial charge in [0.15, 0.2) is 11.8 Å². The fourth-order valence-corrected chi connectivity index (χ4v) is 4.01. The number of ether oxygens (including phenoxy) is 1. The third kappa shape index (κ3) is 6.66. The first-order valence-corrected chi connectivity index (χ1v) is 11.0. The number of benzene rings is 2. The average Bonchev–Trinajstić information content (AvgIpc) is 3.12. The molecule has 0 aliphatic carbocycles. The minimum Gasteiger partial charge on any atom is -0.482 e. The Balaban J connectivity index is 1.61. The molecule has 1 atom stereocenters. The number of carbonyl (C=O) groups excluding carboxylic acids is 2. The van der Waals surface area contributed by atoms with Crippen LogP contribution in [0.15, 0.2) is 52.7 Å². The van der Waals surface area contributed by atoms with Crippen molar-refractivity contribution in [2.24, 2.45) is 10.2 Å². The zero-order chi connectivity index (χ0) is 24.0. The summed E-state index contributed by atoms with van der Waals surface area (Å²) in [5.41, 5.74) is 3.91. The fourth-order valence-electron chi connectivity index (χ4n) is 3.09. The zero-order valence-corrected chi connectivity index (χ0v) is 19.2. The molecule has 3 rings (SSSR count). The molecule has 1 heterocycles. The lowest BCUT2D eigenvalue weighted by Gasteiger charge is -2.12. The summed E-state index contributed by atoms with van der Waals surface area (Å²) in [6.45, 7) is 5.12. The number of thioether (sulfide) groups is 1. The van der Waals surface area contributed by atoms with E-state index < -0.39 is 17.8 Å². The van der Waals surface area contributed by atoms with Gasteiger partial charge in [0.25, 0.3) is 0 Å². The second-order valence-corrected chi connectivity index (χ2v) is 8.61. The van der Waals surface area contributed by atoms with Crippen molar-refractivity contribution < 1.29 is 24.2 Å². The highest BCUT2D eigenvalue weighted by molar-refractivity contribution is 8.15. The Labute approximate surface area is 195 Å². The number of aryl methyl sites for hydroxylation is 2. The molecule has 0 spiro atoms. The highest BCUT2D eigenvalue weighted by atomic mass is 32.2. The normalized spacial score (nSPS) is 17.1. The van der Waals surface area contributed by atoms with Gasteiger partial charge >= 0.3 is 5.97 Å². The minimum atomic E-state index is -1.07. The SMILES string of the molecule is CC(=NN=C1NC(=O)C(CC(=O)Nc2c(C)cccc2C)S1)c1cccc(OCC(=O)O)c1. The molecule has 33 heavy (non-hydrogen) atoms. The van der Waals surface area contributed by atoms with Crippen LogP contribution >= 0.6 is 11.8 Å². The standard InChI is InChI=1S/C23H24N4O5S/c1-13-6-4-7-14(2)21(13)24-19(28)11-18-22(31)25-23(33-18)27-26-15(3)16-8-5-9-17(10-16)32-12-20(29)30/h4-10,18H,11-12H2,1-3H3,(H,24,28)(H,29,30)(H,25,27,31). The molecule has 0 aromatic heterocycles. The van der Waals surface area contributed by atoms with Gasteiger partial charge in [0.2, 0.25) is 11.8 Å². The lowest BCUT2D eigenvalue weighted by Crippen LogP contribution is -2.28. The summed E-state index contributed by atoms with van der Waals surface area (Å²) in [4.78, 5) is 35.4. The van der Waals surface area contributed by atoms with E-state index in [1.807, 2.05) is 32.0 Å². The molecule has 2 amide bonds. The van der Waals surface area contributed by atoms with E-state index in [9.17, 15) is 14.4 Å². The van der Waals surface area contributed by atoms with E-state index in [1.54, 1.807) is 31.2 Å². The third-order valence-electron chi connectivity index (χ3n) is 4.80. The topological polar surface area (TPSA) is 129 Å². The van der Waals surface area contributed by atoms with Crippen LogP contribution in [0.4, 0.5) is 5.69 Å². The van der Waals surface area contributed by atoms with Crippen LogP contribution < -0.4 is 15.4 Å². The second-order valence-electron chi connectivity index (χ2n) is 7.42. The van der Waals surface area contributed by atoms with Crippen molar-refractivity contribution in [1.82, 2.24) is 5.32 Å². The molecule has 1 unspecified atom stereocenters. The maximum Gasteiger partial charge on any atom is 0.341 e. The maximum atomic E-state index is 12.5. The number of carboxylic acids is 1. The van der Waals surface area contributed by atoms with Crippen molar-refractivity contribution in [3.63, 3.8) is 0 Å². The molecule has 1 saturated heterocycles. The van der Waals surface area contributed by atoms with Crippen LogP contribution in [0.5, 0.6) is 5.75 Å². The van der Waals surface area contributed by atoms with Gasteiger partial charge in [-0.05, 0) is 44.0 Å². The summed E-state index contributed by atoms with van der Waals surface area (Å²) in [5, 5.41) is 22.2. The van der Waals surface area contributed by atoms with Gasteiger partial charge in [-0.25, -0.2) is 4.79 Å². The quantitative estimate of drug-likeness (QED) is 0.403. The number of carbonyl (C=O) groups is 3. The highest BCUT2D eigenvalue weighted by Gasteiger charge is 2.32. The van der Waals surface area contributed by atoms with Crippen molar-refractivity contribution in [2.75, 3.05) is 11.9 Å². The average molecular weight is 469 g/mol. The maximum absolute atomic E-state index is 12.5. The van der Waals surface area contributed by atoms with Crippen LogP contribution in [-0.2, 0) is 14.4 Å². The molecule has 1 aliphatic rings. The Morgan fingerprint density at radius 3 is 2.58 bits per heavy atom. The summed E-state index contributed by atoms with van der Waals surface area (Å²) >= 11 is 1.15. The first-order valence-electron chi connectivity index (χ1n) is 10.1. The van der Waals surface area contributed by atoms with E-state index >= 15 is 0 Å². The Morgan fingerprint density at radius 1 is 1.18 bits per heavy atom. The number of amides is 2. The first kappa shape index (κ1) is 24.0. The van der Waals surface area contributed by atoms with E-state index in [4.69, 9.17) is 9.84 Å². The molecule has 0 saturated carbocycles. The number of anilines is 1. The predicted molar refractivity (Wildman–Crippen MR) is 128 cm³/mol. The summed E-state index contributed by atoms with van der Waals surface area (Å²) < 4.78 is 5.17. The summed E-state index contributed by atoms with van der Waals surface area (Å²) in [5.74, 6) is -1.22. The molecule has 172 valence electrons. The number of aliphatic carboxylic acids is 1. The van der Waals surface area contributed by atoms with E-state index in [2.05, 4.69) is 20.8 Å². The van der Waals surface area contributed by atoms with Gasteiger partial charge in [-0.3, -0.25) is 9.59 Å². The van der Waals surface area contributed by atoms with Crippen LogP contribution in [0.1, 0.15) is 30.0 Å². The number of para-hydroxylation sites is 1. The summed E-state index contributed by atoms with van der Waals surface area (Å²) in [6, 6.07) is 12.6. The molecule has 10 heteroatoms. The highest BCUT2D eigenvalue weighted by Crippen LogP contribution is 2.25. The van der Waals surface area contributed by atoms with Gasteiger partial charge in [-0.2, -0.15) is 5.10 Å². The van der Waals surface area contributed by atoms with Crippen LogP contribution in [0.25, 0.3) is 0 Å². The molecule has 2 aromatic rings. The van der Waals surface area contributed by atoms with Gasteiger partial charge in [-0.1, -0.05) is 42.1 Å². The van der Waals surface area contributed by atoms with Crippen molar-refractivity contribution in [2.45, 2.75) is 32.4 Å².